The SMILES string of the molecule is Cc1ccc2nc(N(Cc3ccco3)C(=O)CCCS(=O)(=O)Cc3ccccc3)sc2c1. The summed E-state index contributed by atoms with van der Waals surface area (Å²) >= 11 is 1.44. The number of furan rings is 1. The Bertz CT molecular complexity index is 1300. The molecule has 0 N–H and O–H groups in total. The van der Waals surface area contributed by atoms with Gasteiger partial charge in [0.25, 0.3) is 0 Å². The van der Waals surface area contributed by atoms with Crippen LogP contribution < -0.4 is 4.90 Å². The van der Waals surface area contributed by atoms with Crippen molar-refractivity contribution in [3.8, 4) is 0 Å². The van der Waals surface area contributed by atoms with Crippen LogP contribution in [0.3, 0.4) is 0 Å². The fraction of sp³-hybridized carbons (Fsp3) is 0.250. The Morgan fingerprint density at radius 3 is 2.66 bits per heavy atom. The Morgan fingerprint density at radius 2 is 1.91 bits per heavy atom. The normalized spacial score (nSPS) is 11.7. The molecule has 2 heterocycles. The number of carbonyl (C=O) groups excluding carboxylic acids is 1. The Morgan fingerprint density at radius 1 is 1.09 bits per heavy atom. The van der Waals surface area contributed by atoms with E-state index in [1.165, 1.54) is 11.3 Å². The second-order valence-electron chi connectivity index (χ2n) is 7.71. The molecule has 2 aromatic carbocycles. The van der Waals surface area contributed by atoms with Gasteiger partial charge in [-0.05, 0) is 48.7 Å². The van der Waals surface area contributed by atoms with Crippen LogP contribution in [0.25, 0.3) is 10.2 Å². The molecule has 0 spiro atoms. The molecule has 0 aliphatic rings. The zero-order valence-electron chi connectivity index (χ0n) is 17.7. The second kappa shape index (κ2) is 9.67. The molecule has 0 saturated carbocycles. The molecular weight excluding hydrogens is 444 g/mol. The average molecular weight is 469 g/mol. The number of nitrogens with zero attached hydrogens (tertiary/aromatic N) is 2. The van der Waals surface area contributed by atoms with E-state index >= 15 is 0 Å². The lowest BCUT2D eigenvalue weighted by Gasteiger charge is -2.18. The molecular formula is C24H24N2O4S2. The molecule has 2 aromatic heterocycles. The van der Waals surface area contributed by atoms with Crippen LogP contribution in [0.4, 0.5) is 5.13 Å². The van der Waals surface area contributed by atoms with Gasteiger partial charge in [0.05, 0.1) is 34.5 Å². The smallest absolute Gasteiger partial charge is 0.229 e. The lowest BCUT2D eigenvalue weighted by molar-refractivity contribution is -0.118. The Labute approximate surface area is 191 Å². The first kappa shape index (κ1) is 22.2. The first-order valence-electron chi connectivity index (χ1n) is 10.3. The summed E-state index contributed by atoms with van der Waals surface area (Å²) in [5.74, 6) is 0.411. The van der Waals surface area contributed by atoms with Gasteiger partial charge in [0, 0.05) is 6.42 Å². The van der Waals surface area contributed by atoms with Gasteiger partial charge in [-0.15, -0.1) is 0 Å². The number of amides is 1. The Kier molecular flexibility index (Phi) is 6.72. The van der Waals surface area contributed by atoms with Gasteiger partial charge >= 0.3 is 0 Å². The van der Waals surface area contributed by atoms with Gasteiger partial charge in [-0.25, -0.2) is 13.4 Å². The number of benzene rings is 2. The molecule has 0 radical (unpaired) electrons. The van der Waals surface area contributed by atoms with Crippen LogP contribution in [0.15, 0.2) is 71.3 Å². The lowest BCUT2D eigenvalue weighted by Crippen LogP contribution is -2.30. The number of anilines is 1. The van der Waals surface area contributed by atoms with Crippen molar-refractivity contribution in [1.82, 2.24) is 4.98 Å². The summed E-state index contributed by atoms with van der Waals surface area (Å²) in [6, 6.07) is 18.6. The number of hydrogen-bond acceptors (Lipinski definition) is 6. The summed E-state index contributed by atoms with van der Waals surface area (Å²) in [4.78, 5) is 19.3. The number of rotatable bonds is 9. The highest BCUT2D eigenvalue weighted by Gasteiger charge is 2.22. The van der Waals surface area contributed by atoms with E-state index in [-0.39, 0.29) is 36.8 Å². The van der Waals surface area contributed by atoms with Gasteiger partial charge < -0.3 is 4.42 Å². The van der Waals surface area contributed by atoms with Crippen LogP contribution in [0.1, 0.15) is 29.7 Å². The van der Waals surface area contributed by atoms with Crippen LogP contribution in [0.2, 0.25) is 0 Å². The van der Waals surface area contributed by atoms with Crippen LogP contribution in [0.5, 0.6) is 0 Å². The lowest BCUT2D eigenvalue weighted by atomic mass is 10.2. The van der Waals surface area contributed by atoms with Crippen molar-refractivity contribution in [3.63, 3.8) is 0 Å². The molecule has 166 valence electrons. The summed E-state index contributed by atoms with van der Waals surface area (Å²) < 4.78 is 31.4. The Balaban J connectivity index is 1.46. The number of sulfone groups is 1. The van der Waals surface area contributed by atoms with Crippen LogP contribution in [-0.4, -0.2) is 25.1 Å². The maximum atomic E-state index is 13.1. The van der Waals surface area contributed by atoms with Gasteiger partial charge in [0.1, 0.15) is 5.76 Å². The summed E-state index contributed by atoms with van der Waals surface area (Å²) in [5.41, 5.74) is 2.71. The van der Waals surface area contributed by atoms with Crippen molar-refractivity contribution in [3.05, 3.63) is 83.8 Å². The van der Waals surface area contributed by atoms with Crippen LogP contribution in [-0.2, 0) is 26.9 Å². The molecule has 0 fully saturated rings. The minimum atomic E-state index is -3.30. The van der Waals surface area contributed by atoms with E-state index in [1.54, 1.807) is 29.4 Å². The standard InChI is InChI=1S/C24H24N2O4S2/c1-18-11-12-21-22(15-18)31-24(25-21)26(16-20-9-5-13-30-20)23(27)10-6-14-32(28,29)17-19-7-3-2-4-8-19/h2-5,7-9,11-13,15H,6,10,14,16-17H2,1H3. The molecule has 1 amide bonds. The molecule has 0 aliphatic carbocycles. The minimum absolute atomic E-state index is 0.0185. The minimum Gasteiger partial charge on any atom is -0.467 e. The van der Waals surface area contributed by atoms with E-state index in [1.807, 2.05) is 49.4 Å². The van der Waals surface area contributed by atoms with Gasteiger partial charge in [-0.3, -0.25) is 9.69 Å². The molecule has 8 heteroatoms. The van der Waals surface area contributed by atoms with Crippen molar-refractivity contribution in [2.45, 2.75) is 32.1 Å². The molecule has 4 aromatic rings. The molecule has 32 heavy (non-hydrogen) atoms. The topological polar surface area (TPSA) is 80.5 Å². The molecule has 0 atom stereocenters. The van der Waals surface area contributed by atoms with Crippen molar-refractivity contribution in [2.24, 2.45) is 0 Å². The fourth-order valence-electron chi connectivity index (χ4n) is 3.43. The predicted molar refractivity (Wildman–Crippen MR) is 127 cm³/mol. The number of hydrogen-bond donors (Lipinski definition) is 0. The molecule has 0 aliphatic heterocycles. The molecule has 4 rings (SSSR count). The van der Waals surface area contributed by atoms with Crippen molar-refractivity contribution in [2.75, 3.05) is 10.7 Å². The van der Waals surface area contributed by atoms with Crippen molar-refractivity contribution < 1.29 is 17.6 Å². The van der Waals surface area contributed by atoms with E-state index in [2.05, 4.69) is 4.98 Å². The predicted octanol–water partition coefficient (Wildman–Crippen LogP) is 5.13. The quantitative estimate of drug-likeness (QED) is 0.340. The van der Waals surface area contributed by atoms with Gasteiger partial charge in [0.2, 0.25) is 5.91 Å². The largest absolute Gasteiger partial charge is 0.467 e. The van der Waals surface area contributed by atoms with Gasteiger partial charge in [0.15, 0.2) is 15.0 Å². The number of thiazole rings is 1. The first-order valence-corrected chi connectivity index (χ1v) is 13.0. The van der Waals surface area contributed by atoms with E-state index in [0.29, 0.717) is 10.9 Å². The summed E-state index contributed by atoms with van der Waals surface area (Å²) in [7, 11) is -3.30. The second-order valence-corrected chi connectivity index (χ2v) is 10.9. The molecule has 0 unspecified atom stereocenters. The fourth-order valence-corrected chi connectivity index (χ4v) is 5.94. The highest BCUT2D eigenvalue weighted by Crippen LogP contribution is 2.31. The maximum absolute atomic E-state index is 13.1. The number of fused-ring (bicyclic) bond motifs is 1. The molecule has 0 bridgehead atoms. The van der Waals surface area contributed by atoms with Crippen LogP contribution >= 0.6 is 11.3 Å². The van der Waals surface area contributed by atoms with Gasteiger partial charge in [-0.1, -0.05) is 47.7 Å². The third-order valence-corrected chi connectivity index (χ3v) is 7.76. The van der Waals surface area contributed by atoms with Crippen LogP contribution in [0, 0.1) is 6.92 Å². The first-order chi connectivity index (χ1) is 15.4. The van der Waals surface area contributed by atoms with E-state index in [0.717, 1.165) is 21.3 Å². The third kappa shape index (κ3) is 5.63. The highest BCUT2D eigenvalue weighted by atomic mass is 32.2. The number of carbonyl (C=O) groups is 1. The van der Waals surface area contributed by atoms with E-state index < -0.39 is 9.84 Å². The zero-order valence-corrected chi connectivity index (χ0v) is 19.4. The number of aromatic nitrogens is 1. The monoisotopic (exact) mass is 468 g/mol. The summed E-state index contributed by atoms with van der Waals surface area (Å²) in [6.07, 6.45) is 1.94. The zero-order chi connectivity index (χ0) is 22.6. The van der Waals surface area contributed by atoms with E-state index in [9.17, 15) is 13.2 Å². The maximum Gasteiger partial charge on any atom is 0.229 e. The third-order valence-electron chi connectivity index (χ3n) is 5.03. The molecule has 6 nitrogen and oxygen atoms in total. The highest BCUT2D eigenvalue weighted by molar-refractivity contribution is 7.90. The molecule has 0 saturated heterocycles. The van der Waals surface area contributed by atoms with Gasteiger partial charge in [-0.2, -0.15) is 0 Å². The van der Waals surface area contributed by atoms with Crippen molar-refractivity contribution in [1.29, 1.82) is 0 Å². The summed E-state index contributed by atoms with van der Waals surface area (Å²) in [5, 5.41) is 0.583. The van der Waals surface area contributed by atoms with Crippen molar-refractivity contribution >= 4 is 42.4 Å². The summed E-state index contributed by atoms with van der Waals surface area (Å²) in [6.45, 7) is 2.27. The van der Waals surface area contributed by atoms with E-state index in [4.69, 9.17) is 4.42 Å². The average Bonchev–Trinajstić information content (AvgIpc) is 3.41. The number of aryl methyl sites for hydroxylation is 1. The Hall–Kier alpha value is -2.97.